The third-order valence-corrected chi connectivity index (χ3v) is 5.70. The third kappa shape index (κ3) is 4.07. The average molecular weight is 487 g/mol. The molecule has 0 spiro atoms. The van der Waals surface area contributed by atoms with Crippen molar-refractivity contribution in [3.8, 4) is 17.0 Å². The van der Waals surface area contributed by atoms with Gasteiger partial charge in [0, 0.05) is 15.7 Å². The Kier molecular flexibility index (Phi) is 5.33. The highest BCUT2D eigenvalue weighted by molar-refractivity contribution is 9.10. The Labute approximate surface area is 193 Å². The molecule has 0 aliphatic rings. The molecule has 7 heteroatoms. The average Bonchev–Trinajstić information content (AvgIpc) is 3.47. The molecule has 0 fully saturated rings. The number of carbonyl (C=O) groups is 1. The monoisotopic (exact) mass is 486 g/mol. The Morgan fingerprint density at radius 3 is 2.44 bits per heavy atom. The van der Waals surface area contributed by atoms with Crippen LogP contribution in [0.25, 0.3) is 28.0 Å². The molecule has 3 aromatic carbocycles. The fraction of sp³-hybridized carbons (Fsp3) is 0.0800. The minimum absolute atomic E-state index is 0.239. The molecule has 5 rings (SSSR count). The van der Waals surface area contributed by atoms with Gasteiger partial charge in [0.05, 0.1) is 5.69 Å². The van der Waals surface area contributed by atoms with Gasteiger partial charge in [0.2, 0.25) is 0 Å². The van der Waals surface area contributed by atoms with Crippen molar-refractivity contribution in [3.63, 3.8) is 0 Å². The highest BCUT2D eigenvalue weighted by Crippen LogP contribution is 2.25. The predicted octanol–water partition coefficient (Wildman–Crippen LogP) is 6.26. The number of rotatable bonds is 5. The molecule has 0 bridgehead atoms. The molecule has 6 nitrogen and oxygen atoms in total. The van der Waals surface area contributed by atoms with Gasteiger partial charge in [0.1, 0.15) is 16.8 Å². The number of amides is 1. The number of anilines is 1. The molecule has 2 aromatic heterocycles. The van der Waals surface area contributed by atoms with Crippen LogP contribution >= 0.6 is 15.9 Å². The minimum Gasteiger partial charge on any atom is -0.451 e. The van der Waals surface area contributed by atoms with E-state index in [0.717, 1.165) is 27.7 Å². The van der Waals surface area contributed by atoms with Gasteiger partial charge < -0.3 is 9.73 Å². The first-order valence-electron chi connectivity index (χ1n) is 10.2. The van der Waals surface area contributed by atoms with Gasteiger partial charge in [-0.25, -0.2) is 0 Å². The molecule has 0 saturated carbocycles. The van der Waals surface area contributed by atoms with Crippen LogP contribution < -0.4 is 5.32 Å². The maximum Gasteiger partial charge on any atom is 0.291 e. The van der Waals surface area contributed by atoms with Crippen molar-refractivity contribution >= 4 is 38.6 Å². The maximum absolute atomic E-state index is 12.7. The summed E-state index contributed by atoms with van der Waals surface area (Å²) in [5, 5.41) is 12.0. The van der Waals surface area contributed by atoms with Gasteiger partial charge >= 0.3 is 0 Å². The van der Waals surface area contributed by atoms with Crippen LogP contribution in [0.5, 0.6) is 0 Å². The van der Waals surface area contributed by atoms with E-state index in [0.29, 0.717) is 17.0 Å². The van der Waals surface area contributed by atoms with Gasteiger partial charge in [0.15, 0.2) is 5.76 Å². The second kappa shape index (κ2) is 8.43. The van der Waals surface area contributed by atoms with Crippen LogP contribution in [0.1, 0.15) is 23.0 Å². The van der Waals surface area contributed by atoms with Crippen LogP contribution in [0, 0.1) is 0 Å². The topological polar surface area (TPSA) is 73.0 Å². The molecule has 0 saturated heterocycles. The molecule has 0 radical (unpaired) electrons. The summed E-state index contributed by atoms with van der Waals surface area (Å²) < 4.78 is 6.73. The molecular formula is C25H19BrN4O2. The number of aryl methyl sites for hydroxylation is 1. The molecule has 1 N–H and O–H groups in total. The highest BCUT2D eigenvalue weighted by Gasteiger charge is 2.14. The number of benzene rings is 3. The van der Waals surface area contributed by atoms with Gasteiger partial charge in [0.25, 0.3) is 5.91 Å². The predicted molar refractivity (Wildman–Crippen MR) is 128 cm³/mol. The first-order valence-corrected chi connectivity index (χ1v) is 11.0. The van der Waals surface area contributed by atoms with Crippen LogP contribution in [0.2, 0.25) is 0 Å². The minimum atomic E-state index is -0.324. The Bertz CT molecular complexity index is 1400. The molecule has 0 aliphatic heterocycles. The summed E-state index contributed by atoms with van der Waals surface area (Å²) >= 11 is 3.42. The second-order valence-corrected chi connectivity index (χ2v) is 8.25. The molecule has 0 unspecified atom stereocenters. The zero-order valence-electron chi connectivity index (χ0n) is 17.2. The van der Waals surface area contributed by atoms with E-state index >= 15 is 0 Å². The van der Waals surface area contributed by atoms with Crippen LogP contribution in [0.3, 0.4) is 0 Å². The second-order valence-electron chi connectivity index (χ2n) is 7.34. The van der Waals surface area contributed by atoms with Crippen molar-refractivity contribution in [2.75, 3.05) is 5.32 Å². The fourth-order valence-electron chi connectivity index (χ4n) is 3.39. The van der Waals surface area contributed by atoms with E-state index in [-0.39, 0.29) is 11.7 Å². The summed E-state index contributed by atoms with van der Waals surface area (Å²) in [5.74, 6) is 0.549. The van der Waals surface area contributed by atoms with E-state index in [2.05, 4.69) is 50.5 Å². The number of nitrogens with zero attached hydrogens (tertiary/aromatic N) is 3. The van der Waals surface area contributed by atoms with Gasteiger partial charge in [-0.3, -0.25) is 4.79 Å². The van der Waals surface area contributed by atoms with Crippen molar-refractivity contribution in [2.24, 2.45) is 0 Å². The Hall–Kier alpha value is -3.71. The lowest BCUT2D eigenvalue weighted by molar-refractivity contribution is 0.0997. The standard InChI is InChI=1S/C25H19BrN4O2/c1-2-16-3-10-20(11-4-16)30-28-21-12-9-19(15-22(21)29-30)27-25(31)24-14-13-23(32-24)17-5-7-18(26)8-6-17/h3-15H,2H2,1H3,(H,27,31). The Morgan fingerprint density at radius 1 is 0.938 bits per heavy atom. The van der Waals surface area contributed by atoms with Gasteiger partial charge in [-0.05, 0) is 66.6 Å². The number of hydrogen-bond donors (Lipinski definition) is 1. The summed E-state index contributed by atoms with van der Waals surface area (Å²) in [6, 6.07) is 24.8. The van der Waals surface area contributed by atoms with E-state index < -0.39 is 0 Å². The number of halogens is 1. The fourth-order valence-corrected chi connectivity index (χ4v) is 3.66. The molecule has 5 aromatic rings. The van der Waals surface area contributed by atoms with Crippen LogP contribution in [0.4, 0.5) is 5.69 Å². The molecule has 0 atom stereocenters. The van der Waals surface area contributed by atoms with Crippen molar-refractivity contribution in [3.05, 3.63) is 94.7 Å². The van der Waals surface area contributed by atoms with E-state index in [4.69, 9.17) is 4.42 Å². The number of nitrogens with one attached hydrogen (secondary N) is 1. The third-order valence-electron chi connectivity index (χ3n) is 5.17. The number of hydrogen-bond acceptors (Lipinski definition) is 4. The number of fused-ring (bicyclic) bond motifs is 1. The molecular weight excluding hydrogens is 468 g/mol. The summed E-state index contributed by atoms with van der Waals surface area (Å²) in [4.78, 5) is 14.3. The molecule has 32 heavy (non-hydrogen) atoms. The van der Waals surface area contributed by atoms with E-state index in [1.807, 2.05) is 42.5 Å². The van der Waals surface area contributed by atoms with E-state index in [1.54, 1.807) is 29.1 Å². The summed E-state index contributed by atoms with van der Waals surface area (Å²) in [6.45, 7) is 2.12. The highest BCUT2D eigenvalue weighted by atomic mass is 79.9. The van der Waals surface area contributed by atoms with Crippen molar-refractivity contribution in [2.45, 2.75) is 13.3 Å². The lowest BCUT2D eigenvalue weighted by Gasteiger charge is -2.03. The largest absolute Gasteiger partial charge is 0.451 e. The zero-order chi connectivity index (χ0) is 22.1. The SMILES string of the molecule is CCc1ccc(-n2nc3ccc(NC(=O)c4ccc(-c5ccc(Br)cc5)o4)cc3n2)cc1. The maximum atomic E-state index is 12.7. The first kappa shape index (κ1) is 20.2. The first-order chi connectivity index (χ1) is 15.6. The number of carbonyl (C=O) groups excluding carboxylic acids is 1. The van der Waals surface area contributed by atoms with Gasteiger partial charge in [-0.1, -0.05) is 47.1 Å². The number of aromatic nitrogens is 3. The van der Waals surface area contributed by atoms with Crippen molar-refractivity contribution in [1.29, 1.82) is 0 Å². The van der Waals surface area contributed by atoms with E-state index in [9.17, 15) is 4.79 Å². The number of furan rings is 1. The summed E-state index contributed by atoms with van der Waals surface area (Å²) in [5.41, 5.74) is 5.11. The van der Waals surface area contributed by atoms with Crippen LogP contribution in [-0.4, -0.2) is 20.9 Å². The lowest BCUT2D eigenvalue weighted by atomic mass is 10.2. The Balaban J connectivity index is 1.34. The van der Waals surface area contributed by atoms with Crippen LogP contribution in [-0.2, 0) is 6.42 Å². The van der Waals surface area contributed by atoms with Crippen LogP contribution in [0.15, 0.2) is 87.8 Å². The normalized spacial score (nSPS) is 11.1. The Morgan fingerprint density at radius 2 is 1.69 bits per heavy atom. The van der Waals surface area contributed by atoms with Crippen molar-refractivity contribution < 1.29 is 9.21 Å². The molecule has 0 aliphatic carbocycles. The zero-order valence-corrected chi connectivity index (χ0v) is 18.8. The van der Waals surface area contributed by atoms with E-state index in [1.165, 1.54) is 5.56 Å². The summed E-state index contributed by atoms with van der Waals surface area (Å²) in [6.07, 6.45) is 0.984. The molecule has 2 heterocycles. The molecule has 1 amide bonds. The quantitative estimate of drug-likeness (QED) is 0.318. The summed E-state index contributed by atoms with van der Waals surface area (Å²) in [7, 11) is 0. The lowest BCUT2D eigenvalue weighted by Crippen LogP contribution is -2.10. The van der Waals surface area contributed by atoms with Gasteiger partial charge in [-0.2, -0.15) is 4.80 Å². The van der Waals surface area contributed by atoms with Crippen molar-refractivity contribution in [1.82, 2.24) is 15.0 Å². The molecule has 158 valence electrons. The van der Waals surface area contributed by atoms with Gasteiger partial charge in [-0.15, -0.1) is 10.2 Å². The smallest absolute Gasteiger partial charge is 0.291 e.